The van der Waals surface area contributed by atoms with Crippen LogP contribution in [0.25, 0.3) is 11.4 Å². The minimum absolute atomic E-state index is 0.0639. The largest absolute Gasteiger partial charge is 0.353 e. The minimum atomic E-state index is -0.262. The van der Waals surface area contributed by atoms with Crippen molar-refractivity contribution in [1.29, 1.82) is 0 Å². The van der Waals surface area contributed by atoms with Gasteiger partial charge in [0, 0.05) is 35.3 Å². The molecule has 1 saturated carbocycles. The number of rotatable bonds is 5. The third-order valence-electron chi connectivity index (χ3n) is 5.27. The van der Waals surface area contributed by atoms with Gasteiger partial charge in [-0.15, -0.1) is 0 Å². The Morgan fingerprint density at radius 3 is 2.85 bits per heavy atom. The molecule has 3 rings (SSSR count). The van der Waals surface area contributed by atoms with E-state index in [0.29, 0.717) is 23.0 Å². The summed E-state index contributed by atoms with van der Waals surface area (Å²) in [6.07, 6.45) is 9.05. The van der Waals surface area contributed by atoms with Crippen molar-refractivity contribution in [3.63, 3.8) is 0 Å². The summed E-state index contributed by atoms with van der Waals surface area (Å²) >= 11 is 0. The zero-order valence-corrected chi connectivity index (χ0v) is 15.4. The van der Waals surface area contributed by atoms with Crippen LogP contribution in [0.1, 0.15) is 50.3 Å². The van der Waals surface area contributed by atoms with Gasteiger partial charge in [-0.2, -0.15) is 0 Å². The first-order valence-corrected chi connectivity index (χ1v) is 9.38. The van der Waals surface area contributed by atoms with E-state index >= 15 is 0 Å². The molecular formula is C20H26N4O2. The number of carbonyl (C=O) groups excluding carboxylic acids is 1. The van der Waals surface area contributed by atoms with Crippen LogP contribution in [0.15, 0.2) is 29.3 Å². The highest BCUT2D eigenvalue weighted by atomic mass is 16.2. The summed E-state index contributed by atoms with van der Waals surface area (Å²) in [6.45, 7) is 3.94. The molecule has 2 aromatic heterocycles. The Morgan fingerprint density at radius 1 is 1.35 bits per heavy atom. The zero-order valence-electron chi connectivity index (χ0n) is 15.4. The van der Waals surface area contributed by atoms with Gasteiger partial charge in [0.2, 0.25) is 5.91 Å². The highest BCUT2D eigenvalue weighted by molar-refractivity contribution is 5.79. The van der Waals surface area contributed by atoms with Crippen molar-refractivity contribution >= 4 is 5.91 Å². The molecule has 1 aliphatic rings. The van der Waals surface area contributed by atoms with Crippen molar-refractivity contribution in [2.45, 2.75) is 58.4 Å². The van der Waals surface area contributed by atoms with Crippen molar-refractivity contribution in [3.05, 3.63) is 46.1 Å². The fraction of sp³-hybridized carbons (Fsp3) is 0.500. The summed E-state index contributed by atoms with van der Waals surface area (Å²) in [7, 11) is 0. The van der Waals surface area contributed by atoms with Gasteiger partial charge >= 0.3 is 0 Å². The van der Waals surface area contributed by atoms with Gasteiger partial charge in [-0.05, 0) is 37.8 Å². The second-order valence-electron chi connectivity index (χ2n) is 7.02. The fourth-order valence-electron chi connectivity index (χ4n) is 3.76. The molecule has 0 bridgehead atoms. The van der Waals surface area contributed by atoms with E-state index in [2.05, 4.69) is 27.2 Å². The second-order valence-corrected chi connectivity index (χ2v) is 7.02. The van der Waals surface area contributed by atoms with Crippen molar-refractivity contribution < 1.29 is 4.79 Å². The summed E-state index contributed by atoms with van der Waals surface area (Å²) in [5.74, 6) is 0.918. The molecule has 2 aromatic rings. The number of hydrogen-bond donors (Lipinski definition) is 2. The van der Waals surface area contributed by atoms with E-state index in [1.807, 2.05) is 6.07 Å². The van der Waals surface area contributed by atoms with Crippen LogP contribution in [0.4, 0.5) is 0 Å². The van der Waals surface area contributed by atoms with E-state index < -0.39 is 0 Å². The van der Waals surface area contributed by atoms with Crippen LogP contribution in [0, 0.1) is 12.8 Å². The normalized spacial score (nSPS) is 19.9. The van der Waals surface area contributed by atoms with Crippen LogP contribution < -0.4 is 10.9 Å². The third kappa shape index (κ3) is 4.18. The van der Waals surface area contributed by atoms with E-state index in [0.717, 1.165) is 24.8 Å². The Bertz CT molecular complexity index is 816. The molecule has 1 aliphatic carbocycles. The molecule has 2 heterocycles. The first-order chi connectivity index (χ1) is 12.6. The summed E-state index contributed by atoms with van der Waals surface area (Å²) in [4.78, 5) is 36.3. The van der Waals surface area contributed by atoms with Gasteiger partial charge in [-0.25, -0.2) is 4.98 Å². The van der Waals surface area contributed by atoms with Crippen LogP contribution >= 0.6 is 0 Å². The van der Waals surface area contributed by atoms with Gasteiger partial charge in [0.15, 0.2) is 0 Å². The molecule has 26 heavy (non-hydrogen) atoms. The number of pyridine rings is 1. The lowest BCUT2D eigenvalue weighted by Crippen LogP contribution is -2.43. The van der Waals surface area contributed by atoms with Crippen LogP contribution in [0.5, 0.6) is 0 Å². The van der Waals surface area contributed by atoms with E-state index in [1.54, 1.807) is 25.4 Å². The first-order valence-electron chi connectivity index (χ1n) is 9.38. The van der Waals surface area contributed by atoms with Crippen molar-refractivity contribution in [3.8, 4) is 11.4 Å². The van der Waals surface area contributed by atoms with E-state index in [-0.39, 0.29) is 23.9 Å². The number of carbonyl (C=O) groups is 1. The van der Waals surface area contributed by atoms with Crippen LogP contribution in [0.3, 0.4) is 0 Å². The number of nitrogens with zero attached hydrogens (tertiary/aromatic N) is 2. The molecule has 6 nitrogen and oxygen atoms in total. The standard InChI is InChI=1S/C20H26N4O2/c1-3-14-7-4-5-9-17(14)23-18(25)11-16-13(2)22-19(24-20(16)26)15-8-6-10-21-12-15/h6,8,10,12,14,17H,3-5,7,9,11H2,1-2H3,(H,23,25)(H,22,24,26). The molecular weight excluding hydrogens is 328 g/mol. The number of aromatic nitrogens is 3. The van der Waals surface area contributed by atoms with Crippen LogP contribution in [0.2, 0.25) is 0 Å². The molecule has 0 radical (unpaired) electrons. The van der Waals surface area contributed by atoms with Gasteiger partial charge in [0.25, 0.3) is 5.56 Å². The molecule has 0 aromatic carbocycles. The molecule has 138 valence electrons. The molecule has 1 fully saturated rings. The van der Waals surface area contributed by atoms with E-state index in [4.69, 9.17) is 0 Å². The average molecular weight is 354 g/mol. The summed E-state index contributed by atoms with van der Waals surface area (Å²) in [5.41, 5.74) is 1.50. The van der Waals surface area contributed by atoms with E-state index in [9.17, 15) is 9.59 Å². The lowest BCUT2D eigenvalue weighted by atomic mass is 9.83. The minimum Gasteiger partial charge on any atom is -0.353 e. The van der Waals surface area contributed by atoms with Crippen LogP contribution in [-0.2, 0) is 11.2 Å². The third-order valence-corrected chi connectivity index (χ3v) is 5.27. The number of nitrogens with one attached hydrogen (secondary N) is 2. The van der Waals surface area contributed by atoms with Gasteiger partial charge < -0.3 is 10.3 Å². The Balaban J connectivity index is 1.73. The number of aryl methyl sites for hydroxylation is 1. The SMILES string of the molecule is CCC1CCCCC1NC(=O)Cc1c(C)nc(-c2cccnc2)[nH]c1=O. The maximum atomic E-state index is 12.5. The molecule has 6 heteroatoms. The molecule has 2 unspecified atom stereocenters. The van der Waals surface area contributed by atoms with Gasteiger partial charge in [-0.3, -0.25) is 14.6 Å². The van der Waals surface area contributed by atoms with Crippen molar-refractivity contribution in [1.82, 2.24) is 20.3 Å². The number of aromatic amines is 1. The quantitative estimate of drug-likeness (QED) is 0.864. The molecule has 0 spiro atoms. The molecule has 2 N–H and O–H groups in total. The predicted molar refractivity (Wildman–Crippen MR) is 101 cm³/mol. The predicted octanol–water partition coefficient (Wildman–Crippen LogP) is 2.77. The average Bonchev–Trinajstić information content (AvgIpc) is 2.65. The first kappa shape index (κ1) is 18.3. The summed E-state index contributed by atoms with van der Waals surface area (Å²) in [5, 5.41) is 3.14. The highest BCUT2D eigenvalue weighted by Crippen LogP contribution is 2.26. The molecule has 1 amide bonds. The fourth-order valence-corrected chi connectivity index (χ4v) is 3.76. The Kier molecular flexibility index (Phi) is 5.81. The van der Waals surface area contributed by atoms with Gasteiger partial charge in [0.1, 0.15) is 5.82 Å². The van der Waals surface area contributed by atoms with Crippen molar-refractivity contribution in [2.24, 2.45) is 5.92 Å². The smallest absolute Gasteiger partial charge is 0.255 e. The molecule has 2 atom stereocenters. The zero-order chi connectivity index (χ0) is 18.5. The number of hydrogen-bond acceptors (Lipinski definition) is 4. The monoisotopic (exact) mass is 354 g/mol. The maximum Gasteiger partial charge on any atom is 0.255 e. The van der Waals surface area contributed by atoms with E-state index in [1.165, 1.54) is 12.8 Å². The topological polar surface area (TPSA) is 87.7 Å². The van der Waals surface area contributed by atoms with Gasteiger partial charge in [0.05, 0.1) is 6.42 Å². The van der Waals surface area contributed by atoms with Crippen LogP contribution in [-0.4, -0.2) is 26.9 Å². The Morgan fingerprint density at radius 2 is 2.15 bits per heavy atom. The number of amides is 1. The van der Waals surface area contributed by atoms with Crippen molar-refractivity contribution in [2.75, 3.05) is 0 Å². The van der Waals surface area contributed by atoms with Gasteiger partial charge in [-0.1, -0.05) is 26.2 Å². The summed E-state index contributed by atoms with van der Waals surface area (Å²) in [6, 6.07) is 3.86. The summed E-state index contributed by atoms with van der Waals surface area (Å²) < 4.78 is 0. The second kappa shape index (κ2) is 8.25. The lowest BCUT2D eigenvalue weighted by Gasteiger charge is -2.31. The Labute approximate surface area is 153 Å². The molecule has 0 aliphatic heterocycles. The lowest BCUT2D eigenvalue weighted by molar-refractivity contribution is -0.121. The Hall–Kier alpha value is -2.50. The molecule has 0 saturated heterocycles. The highest BCUT2D eigenvalue weighted by Gasteiger charge is 2.25. The maximum absolute atomic E-state index is 12.5. The number of H-pyrrole nitrogens is 1.